The van der Waals surface area contributed by atoms with E-state index in [9.17, 15) is 0 Å². The molecule has 15 heavy (non-hydrogen) atoms. The molecular weight excluding hydrogens is 206 g/mol. The maximum atomic E-state index is 4.75. The molecule has 0 atom stereocenters. The van der Waals surface area contributed by atoms with Gasteiger partial charge in [-0.2, -0.15) is 0 Å². The molecule has 0 aliphatic carbocycles. The number of hydrogen-bond donors (Lipinski definition) is 1. The fraction of sp³-hybridized carbons (Fsp3) is 0.727. The van der Waals surface area contributed by atoms with Crippen LogP contribution in [-0.2, 0) is 13.0 Å². The summed E-state index contributed by atoms with van der Waals surface area (Å²) in [6, 6.07) is 0. The number of thiazole rings is 1. The Bertz CT molecular complexity index is 331. The lowest BCUT2D eigenvalue weighted by molar-refractivity contribution is 0.398. The summed E-state index contributed by atoms with van der Waals surface area (Å²) in [6.07, 6.45) is 2.42. The van der Waals surface area contributed by atoms with Crippen molar-refractivity contribution in [3.63, 3.8) is 0 Å². The molecule has 2 aliphatic heterocycles. The Morgan fingerprint density at radius 2 is 2.40 bits per heavy atom. The quantitative estimate of drug-likeness (QED) is 0.826. The van der Waals surface area contributed by atoms with Crippen molar-refractivity contribution in [3.8, 4) is 0 Å². The lowest BCUT2D eigenvalue weighted by Crippen LogP contribution is -2.46. The van der Waals surface area contributed by atoms with Gasteiger partial charge in [0.2, 0.25) is 0 Å². The average molecular weight is 223 g/mol. The lowest BCUT2D eigenvalue weighted by atomic mass is 9.98. The van der Waals surface area contributed by atoms with Crippen molar-refractivity contribution in [2.24, 2.45) is 5.92 Å². The summed E-state index contributed by atoms with van der Waals surface area (Å²) in [5.74, 6) is 0.907. The number of fused-ring (bicyclic) bond motifs is 1. The Morgan fingerprint density at radius 3 is 3.13 bits per heavy atom. The number of nitrogens with one attached hydrogen (secondary N) is 1. The SMILES string of the molecule is CCC1CN(c2nc3c(s2)CNCC3)C1. The number of nitrogens with zero attached hydrogens (tertiary/aromatic N) is 2. The Balaban J connectivity index is 1.74. The fourth-order valence-corrected chi connectivity index (χ4v) is 3.33. The minimum atomic E-state index is 0.907. The van der Waals surface area contributed by atoms with Crippen LogP contribution in [0, 0.1) is 5.92 Å². The van der Waals surface area contributed by atoms with Crippen LogP contribution in [-0.4, -0.2) is 24.6 Å². The second-order valence-electron chi connectivity index (χ2n) is 4.47. The first-order valence-electron chi connectivity index (χ1n) is 5.81. The van der Waals surface area contributed by atoms with Crippen LogP contribution in [0.2, 0.25) is 0 Å². The van der Waals surface area contributed by atoms with Crippen molar-refractivity contribution in [2.75, 3.05) is 24.5 Å². The monoisotopic (exact) mass is 223 g/mol. The summed E-state index contributed by atoms with van der Waals surface area (Å²) < 4.78 is 0. The Labute approximate surface area is 94.5 Å². The van der Waals surface area contributed by atoms with Gasteiger partial charge in [-0.25, -0.2) is 4.98 Å². The van der Waals surface area contributed by atoms with Crippen LogP contribution < -0.4 is 10.2 Å². The third-order valence-electron chi connectivity index (χ3n) is 3.40. The third-order valence-corrected chi connectivity index (χ3v) is 4.55. The van der Waals surface area contributed by atoms with Crippen LogP contribution in [0.3, 0.4) is 0 Å². The highest BCUT2D eigenvalue weighted by Crippen LogP contribution is 2.33. The fourth-order valence-electron chi connectivity index (χ4n) is 2.23. The highest BCUT2D eigenvalue weighted by Gasteiger charge is 2.28. The normalized spacial score (nSPS) is 21.3. The molecule has 3 rings (SSSR count). The molecule has 0 saturated carbocycles. The van der Waals surface area contributed by atoms with E-state index in [-0.39, 0.29) is 0 Å². The van der Waals surface area contributed by atoms with Crippen LogP contribution in [0.1, 0.15) is 23.9 Å². The van der Waals surface area contributed by atoms with Crippen LogP contribution >= 0.6 is 11.3 Å². The zero-order chi connectivity index (χ0) is 10.3. The van der Waals surface area contributed by atoms with E-state index in [1.54, 1.807) is 0 Å². The van der Waals surface area contributed by atoms with Crippen molar-refractivity contribution in [2.45, 2.75) is 26.3 Å². The molecule has 82 valence electrons. The largest absolute Gasteiger partial charge is 0.347 e. The Kier molecular flexibility index (Phi) is 2.41. The number of rotatable bonds is 2. The zero-order valence-corrected chi connectivity index (χ0v) is 9.94. The Morgan fingerprint density at radius 1 is 1.53 bits per heavy atom. The molecule has 0 amide bonds. The van der Waals surface area contributed by atoms with Gasteiger partial charge in [0, 0.05) is 37.5 Å². The molecule has 1 aromatic rings. The molecule has 0 radical (unpaired) electrons. The molecule has 0 bridgehead atoms. The van der Waals surface area contributed by atoms with E-state index in [0.717, 1.165) is 25.4 Å². The summed E-state index contributed by atoms with van der Waals surface area (Å²) in [5, 5.41) is 4.66. The van der Waals surface area contributed by atoms with Crippen LogP contribution in [0.4, 0.5) is 5.13 Å². The highest BCUT2D eigenvalue weighted by atomic mass is 32.1. The summed E-state index contributed by atoms with van der Waals surface area (Å²) in [5.41, 5.74) is 1.34. The van der Waals surface area contributed by atoms with E-state index >= 15 is 0 Å². The maximum Gasteiger partial charge on any atom is 0.185 e. The molecule has 0 aromatic carbocycles. The smallest absolute Gasteiger partial charge is 0.185 e. The lowest BCUT2D eigenvalue weighted by Gasteiger charge is -2.38. The molecule has 4 heteroatoms. The first-order chi connectivity index (χ1) is 7.36. The third kappa shape index (κ3) is 1.66. The first-order valence-corrected chi connectivity index (χ1v) is 6.62. The first kappa shape index (κ1) is 9.60. The van der Waals surface area contributed by atoms with Gasteiger partial charge in [0.25, 0.3) is 0 Å². The van der Waals surface area contributed by atoms with Crippen molar-refractivity contribution < 1.29 is 0 Å². The van der Waals surface area contributed by atoms with E-state index in [0.29, 0.717) is 0 Å². The number of aromatic nitrogens is 1. The summed E-state index contributed by atoms with van der Waals surface area (Å²) in [4.78, 5) is 8.63. The average Bonchev–Trinajstić information content (AvgIpc) is 2.59. The standard InChI is InChI=1S/C11H17N3S/c1-2-8-6-14(7-8)11-13-9-3-4-12-5-10(9)15-11/h8,12H,2-7H2,1H3. The van der Waals surface area contributed by atoms with E-state index in [1.807, 2.05) is 11.3 Å². The van der Waals surface area contributed by atoms with Gasteiger partial charge in [0.05, 0.1) is 5.69 Å². The molecule has 1 saturated heterocycles. The summed E-state index contributed by atoms with van der Waals surface area (Å²) >= 11 is 1.88. The molecule has 2 aliphatic rings. The number of anilines is 1. The van der Waals surface area contributed by atoms with Crippen molar-refractivity contribution >= 4 is 16.5 Å². The van der Waals surface area contributed by atoms with Gasteiger partial charge in [0.15, 0.2) is 5.13 Å². The molecule has 1 aromatic heterocycles. The van der Waals surface area contributed by atoms with Gasteiger partial charge in [-0.1, -0.05) is 6.92 Å². The van der Waals surface area contributed by atoms with E-state index in [2.05, 4.69) is 17.1 Å². The maximum absolute atomic E-state index is 4.75. The van der Waals surface area contributed by atoms with E-state index in [4.69, 9.17) is 4.98 Å². The minimum absolute atomic E-state index is 0.907. The van der Waals surface area contributed by atoms with Crippen LogP contribution in [0.25, 0.3) is 0 Å². The van der Waals surface area contributed by atoms with Gasteiger partial charge in [-0.15, -0.1) is 11.3 Å². The second-order valence-corrected chi connectivity index (χ2v) is 5.53. The van der Waals surface area contributed by atoms with E-state index in [1.165, 1.54) is 35.2 Å². The molecule has 0 spiro atoms. The Hall–Kier alpha value is -0.610. The second kappa shape index (κ2) is 3.76. The predicted molar refractivity (Wildman–Crippen MR) is 63.5 cm³/mol. The minimum Gasteiger partial charge on any atom is -0.347 e. The van der Waals surface area contributed by atoms with Crippen molar-refractivity contribution in [1.82, 2.24) is 10.3 Å². The van der Waals surface area contributed by atoms with E-state index < -0.39 is 0 Å². The highest BCUT2D eigenvalue weighted by molar-refractivity contribution is 7.15. The molecule has 3 heterocycles. The topological polar surface area (TPSA) is 28.2 Å². The van der Waals surface area contributed by atoms with Crippen molar-refractivity contribution in [3.05, 3.63) is 10.6 Å². The molecule has 1 N–H and O–H groups in total. The van der Waals surface area contributed by atoms with Gasteiger partial charge in [0.1, 0.15) is 0 Å². The molecule has 1 fully saturated rings. The summed E-state index contributed by atoms with van der Waals surface area (Å²) in [6.45, 7) is 6.83. The zero-order valence-electron chi connectivity index (χ0n) is 9.12. The number of hydrogen-bond acceptors (Lipinski definition) is 4. The van der Waals surface area contributed by atoms with Gasteiger partial charge >= 0.3 is 0 Å². The molecule has 3 nitrogen and oxygen atoms in total. The van der Waals surface area contributed by atoms with Gasteiger partial charge in [-0.3, -0.25) is 0 Å². The summed E-state index contributed by atoms with van der Waals surface area (Å²) in [7, 11) is 0. The van der Waals surface area contributed by atoms with Gasteiger partial charge in [-0.05, 0) is 12.3 Å². The van der Waals surface area contributed by atoms with Crippen molar-refractivity contribution in [1.29, 1.82) is 0 Å². The van der Waals surface area contributed by atoms with Crippen LogP contribution in [0.5, 0.6) is 0 Å². The van der Waals surface area contributed by atoms with Gasteiger partial charge < -0.3 is 10.2 Å². The van der Waals surface area contributed by atoms with Crippen LogP contribution in [0.15, 0.2) is 0 Å². The molecular formula is C11H17N3S. The molecule has 0 unspecified atom stereocenters. The predicted octanol–water partition coefficient (Wildman–Crippen LogP) is 1.64.